The highest BCUT2D eigenvalue weighted by Gasteiger charge is 2.18. The van der Waals surface area contributed by atoms with Gasteiger partial charge in [0.1, 0.15) is 0 Å². The number of benzene rings is 2. The summed E-state index contributed by atoms with van der Waals surface area (Å²) >= 11 is 0. The molecular formula is C30H37N7O4S. The number of aryl methyl sites for hydroxylation is 1. The fourth-order valence-electron chi connectivity index (χ4n) is 5.36. The quantitative estimate of drug-likeness (QED) is 0.189. The van der Waals surface area contributed by atoms with E-state index in [0.29, 0.717) is 31.0 Å². The van der Waals surface area contributed by atoms with E-state index in [0.717, 1.165) is 36.3 Å². The lowest BCUT2D eigenvalue weighted by atomic mass is 10.0. The summed E-state index contributed by atoms with van der Waals surface area (Å²) in [5.41, 5.74) is 2.26. The van der Waals surface area contributed by atoms with E-state index in [-0.39, 0.29) is 4.90 Å². The number of rotatable bonds is 14. The average molecular weight is 592 g/mol. The lowest BCUT2D eigenvalue weighted by molar-refractivity contribution is 0.174. The Hall–Kier alpha value is -3.87. The standard InChI is InChI=1S/C30H37N7O4S/c38-29(25-8-3-18-31-21-25)22-32-19-17-24-9-11-26(12-10-24)34-42(40,41)28-15-13-27(14-16-28)37-30(39)33-35-36(37)20-4-7-23-5-1-2-6-23/h3,8-16,18,21,23,29,32,34,38H,1-2,4-7,17,19-20,22H2. The summed E-state index contributed by atoms with van der Waals surface area (Å²) in [6.45, 7) is 1.65. The topological polar surface area (TPSA) is 144 Å². The van der Waals surface area contributed by atoms with Gasteiger partial charge in [-0.1, -0.05) is 49.0 Å². The largest absolute Gasteiger partial charge is 0.388 e. The number of aromatic nitrogens is 5. The molecule has 1 unspecified atom stereocenters. The molecule has 0 bridgehead atoms. The molecule has 222 valence electrons. The first-order valence-electron chi connectivity index (χ1n) is 14.4. The predicted molar refractivity (Wildman–Crippen MR) is 160 cm³/mol. The van der Waals surface area contributed by atoms with Crippen molar-refractivity contribution in [1.29, 1.82) is 0 Å². The molecule has 12 heteroatoms. The summed E-state index contributed by atoms with van der Waals surface area (Å²) in [5, 5.41) is 21.1. The maximum atomic E-state index is 13.0. The molecule has 42 heavy (non-hydrogen) atoms. The van der Waals surface area contributed by atoms with Crippen molar-refractivity contribution >= 4 is 15.7 Å². The number of tetrazole rings is 1. The molecule has 4 aromatic rings. The van der Waals surface area contributed by atoms with Gasteiger partial charge in [-0.25, -0.2) is 13.2 Å². The Morgan fingerprint density at radius 3 is 2.50 bits per heavy atom. The van der Waals surface area contributed by atoms with Gasteiger partial charge in [-0.15, -0.1) is 0 Å². The minimum absolute atomic E-state index is 0.0833. The van der Waals surface area contributed by atoms with Gasteiger partial charge in [-0.3, -0.25) is 9.71 Å². The van der Waals surface area contributed by atoms with E-state index < -0.39 is 21.8 Å². The molecule has 5 rings (SSSR count). The van der Waals surface area contributed by atoms with Gasteiger partial charge in [0.05, 0.1) is 23.2 Å². The molecule has 11 nitrogen and oxygen atoms in total. The third-order valence-corrected chi connectivity index (χ3v) is 9.08. The van der Waals surface area contributed by atoms with Crippen molar-refractivity contribution in [3.8, 4) is 5.69 Å². The van der Waals surface area contributed by atoms with Crippen LogP contribution in [0.1, 0.15) is 55.8 Å². The summed E-state index contributed by atoms with van der Waals surface area (Å²) in [4.78, 5) is 18.1. The van der Waals surface area contributed by atoms with Crippen molar-refractivity contribution in [2.75, 3.05) is 17.8 Å². The number of pyridine rings is 1. The fraction of sp³-hybridized carbons (Fsp3) is 0.400. The molecular weight excluding hydrogens is 554 g/mol. The lowest BCUT2D eigenvalue weighted by Gasteiger charge is -2.13. The Kier molecular flexibility index (Phi) is 9.78. The Bertz CT molecular complexity index is 1580. The van der Waals surface area contributed by atoms with Gasteiger partial charge in [0.15, 0.2) is 0 Å². The van der Waals surface area contributed by atoms with Crippen molar-refractivity contribution in [2.24, 2.45) is 5.92 Å². The SMILES string of the molecule is O=c1nnn(CCCC2CCCC2)n1-c1ccc(S(=O)(=O)Nc2ccc(CCNCC(O)c3cccnc3)cc2)cc1. The molecule has 1 fully saturated rings. The van der Waals surface area contributed by atoms with Crippen LogP contribution >= 0.6 is 0 Å². The smallest absolute Gasteiger partial charge is 0.387 e. The van der Waals surface area contributed by atoms with E-state index in [1.54, 1.807) is 47.5 Å². The predicted octanol–water partition coefficient (Wildman–Crippen LogP) is 3.46. The number of sulfonamides is 1. The second kappa shape index (κ2) is 13.9. The van der Waals surface area contributed by atoms with Crippen LogP contribution < -0.4 is 15.7 Å². The third-order valence-electron chi connectivity index (χ3n) is 7.69. The van der Waals surface area contributed by atoms with Crippen molar-refractivity contribution in [2.45, 2.75) is 62.5 Å². The highest BCUT2D eigenvalue weighted by molar-refractivity contribution is 7.92. The normalized spacial score (nSPS) is 14.7. The zero-order valence-corrected chi connectivity index (χ0v) is 24.3. The Balaban J connectivity index is 1.13. The van der Waals surface area contributed by atoms with Crippen LogP contribution in [0.4, 0.5) is 5.69 Å². The van der Waals surface area contributed by atoms with E-state index >= 15 is 0 Å². The van der Waals surface area contributed by atoms with E-state index in [1.165, 1.54) is 42.5 Å². The minimum atomic E-state index is -3.83. The molecule has 2 aromatic heterocycles. The Labute approximate surface area is 245 Å². The van der Waals surface area contributed by atoms with Crippen LogP contribution in [0.25, 0.3) is 5.69 Å². The molecule has 0 spiro atoms. The lowest BCUT2D eigenvalue weighted by Crippen LogP contribution is -2.23. The molecule has 2 heterocycles. The number of anilines is 1. The number of aliphatic hydroxyl groups excluding tert-OH is 1. The summed E-state index contributed by atoms with van der Waals surface area (Å²) in [5.74, 6) is 0.752. The first kappa shape index (κ1) is 29.6. The molecule has 1 saturated carbocycles. The van der Waals surface area contributed by atoms with Crippen molar-refractivity contribution in [3.63, 3.8) is 0 Å². The number of aliphatic hydroxyl groups is 1. The first-order valence-corrected chi connectivity index (χ1v) is 15.9. The Morgan fingerprint density at radius 1 is 1.02 bits per heavy atom. The van der Waals surface area contributed by atoms with Gasteiger partial charge < -0.3 is 10.4 Å². The number of hydrogen-bond donors (Lipinski definition) is 3. The van der Waals surface area contributed by atoms with Crippen LogP contribution in [0.5, 0.6) is 0 Å². The van der Waals surface area contributed by atoms with Gasteiger partial charge in [0, 0.05) is 30.2 Å². The van der Waals surface area contributed by atoms with Crippen LogP contribution in [-0.2, 0) is 23.0 Å². The highest BCUT2D eigenvalue weighted by atomic mass is 32.2. The number of nitrogens with zero attached hydrogens (tertiary/aromatic N) is 5. The first-order chi connectivity index (χ1) is 20.4. The summed E-state index contributed by atoms with van der Waals surface area (Å²) < 4.78 is 30.1. The number of nitrogens with one attached hydrogen (secondary N) is 2. The van der Waals surface area contributed by atoms with Crippen molar-refractivity contribution in [1.82, 2.24) is 30.1 Å². The molecule has 2 aromatic carbocycles. The molecule has 0 saturated heterocycles. The van der Waals surface area contributed by atoms with Gasteiger partial charge >= 0.3 is 5.69 Å². The summed E-state index contributed by atoms with van der Waals surface area (Å²) in [7, 11) is -3.83. The van der Waals surface area contributed by atoms with Crippen molar-refractivity contribution < 1.29 is 13.5 Å². The second-order valence-corrected chi connectivity index (χ2v) is 12.4. The molecule has 1 aliphatic rings. The summed E-state index contributed by atoms with van der Waals surface area (Å²) in [6.07, 6.45) is 10.6. The van der Waals surface area contributed by atoms with Crippen LogP contribution in [0, 0.1) is 5.92 Å². The maximum absolute atomic E-state index is 13.0. The van der Waals surface area contributed by atoms with Crippen LogP contribution in [0.3, 0.4) is 0 Å². The highest BCUT2D eigenvalue weighted by Crippen LogP contribution is 2.28. The molecule has 0 radical (unpaired) electrons. The van der Waals surface area contributed by atoms with E-state index in [1.807, 2.05) is 18.2 Å². The number of hydrogen-bond acceptors (Lipinski definition) is 8. The van der Waals surface area contributed by atoms with Gasteiger partial charge in [-0.2, -0.15) is 9.48 Å². The van der Waals surface area contributed by atoms with E-state index in [9.17, 15) is 18.3 Å². The van der Waals surface area contributed by atoms with E-state index in [4.69, 9.17) is 0 Å². The van der Waals surface area contributed by atoms with Crippen molar-refractivity contribution in [3.05, 3.63) is 94.7 Å². The monoisotopic (exact) mass is 591 g/mol. The van der Waals surface area contributed by atoms with Gasteiger partial charge in [0.2, 0.25) is 0 Å². The summed E-state index contributed by atoms with van der Waals surface area (Å²) in [6, 6.07) is 16.9. The molecule has 1 atom stereocenters. The van der Waals surface area contributed by atoms with Crippen LogP contribution in [-0.4, -0.2) is 51.4 Å². The minimum Gasteiger partial charge on any atom is -0.387 e. The van der Waals surface area contributed by atoms with E-state index in [2.05, 4.69) is 25.3 Å². The zero-order chi connectivity index (χ0) is 29.4. The average Bonchev–Trinajstić information content (AvgIpc) is 3.66. The fourth-order valence-corrected chi connectivity index (χ4v) is 6.42. The third kappa shape index (κ3) is 7.69. The molecule has 0 aliphatic heterocycles. The second-order valence-electron chi connectivity index (χ2n) is 10.7. The van der Waals surface area contributed by atoms with Gasteiger partial charge in [-0.05, 0) is 85.0 Å². The Morgan fingerprint density at radius 2 is 1.79 bits per heavy atom. The molecule has 0 amide bonds. The van der Waals surface area contributed by atoms with Crippen LogP contribution in [0.2, 0.25) is 0 Å². The van der Waals surface area contributed by atoms with Crippen LogP contribution in [0.15, 0.2) is 82.7 Å². The van der Waals surface area contributed by atoms with Gasteiger partial charge in [0.25, 0.3) is 10.0 Å². The maximum Gasteiger partial charge on any atom is 0.388 e. The molecule has 3 N–H and O–H groups in total. The zero-order valence-electron chi connectivity index (χ0n) is 23.5. The molecule has 1 aliphatic carbocycles.